The molecule has 2 rings (SSSR count). The van der Waals surface area contributed by atoms with Crippen LogP contribution in [0.5, 0.6) is 5.75 Å². The van der Waals surface area contributed by atoms with E-state index in [-0.39, 0.29) is 5.82 Å². The lowest BCUT2D eigenvalue weighted by Gasteiger charge is -2.09. The fourth-order valence-corrected chi connectivity index (χ4v) is 1.50. The van der Waals surface area contributed by atoms with Gasteiger partial charge in [-0.15, -0.1) is 0 Å². The highest BCUT2D eigenvalue weighted by molar-refractivity contribution is 5.52. The fourth-order valence-electron chi connectivity index (χ4n) is 1.50. The van der Waals surface area contributed by atoms with E-state index in [0.29, 0.717) is 18.0 Å². The van der Waals surface area contributed by atoms with Gasteiger partial charge in [0, 0.05) is 6.07 Å². The summed E-state index contributed by atoms with van der Waals surface area (Å²) in [5.74, 6) is 0.150. The van der Waals surface area contributed by atoms with Crippen molar-refractivity contribution in [3.05, 3.63) is 59.4 Å². The van der Waals surface area contributed by atoms with Crippen molar-refractivity contribution >= 4 is 5.69 Å². The molecular weight excluding hydrogens is 217 g/mol. The summed E-state index contributed by atoms with van der Waals surface area (Å²) in [5.41, 5.74) is 8.22. The highest BCUT2D eigenvalue weighted by Gasteiger charge is 2.02. The quantitative estimate of drug-likeness (QED) is 0.822. The van der Waals surface area contributed by atoms with Crippen LogP contribution in [-0.4, -0.2) is 0 Å². The van der Waals surface area contributed by atoms with Gasteiger partial charge in [-0.25, -0.2) is 4.39 Å². The maximum absolute atomic E-state index is 12.8. The molecule has 0 bridgehead atoms. The maximum atomic E-state index is 12.8. The van der Waals surface area contributed by atoms with Gasteiger partial charge in [-0.3, -0.25) is 0 Å². The second-order valence-corrected chi connectivity index (χ2v) is 3.96. The van der Waals surface area contributed by atoms with Crippen LogP contribution in [0.3, 0.4) is 0 Å². The summed E-state index contributed by atoms with van der Waals surface area (Å²) in [7, 11) is 0. The van der Waals surface area contributed by atoms with E-state index in [1.807, 2.05) is 31.2 Å². The molecule has 0 fully saturated rings. The zero-order valence-corrected chi connectivity index (χ0v) is 9.61. The van der Waals surface area contributed by atoms with Crippen molar-refractivity contribution in [3.63, 3.8) is 0 Å². The molecule has 0 aliphatic carbocycles. The Kier molecular flexibility index (Phi) is 3.28. The first-order chi connectivity index (χ1) is 8.15. The highest BCUT2D eigenvalue weighted by Crippen LogP contribution is 2.22. The number of nitrogen functional groups attached to an aromatic ring is 1. The van der Waals surface area contributed by atoms with Gasteiger partial charge in [-0.2, -0.15) is 0 Å². The standard InChI is InChI=1S/C14H14FNO/c1-10-2-4-11(5-3-10)9-17-14-7-6-12(15)8-13(14)16/h2-8H,9,16H2,1H3. The first-order valence-corrected chi connectivity index (χ1v) is 5.38. The third-order valence-electron chi connectivity index (χ3n) is 2.49. The molecule has 0 saturated heterocycles. The van der Waals surface area contributed by atoms with E-state index < -0.39 is 0 Å². The van der Waals surface area contributed by atoms with Gasteiger partial charge in [0.15, 0.2) is 0 Å². The summed E-state index contributed by atoms with van der Waals surface area (Å²) in [5, 5.41) is 0. The number of halogens is 1. The topological polar surface area (TPSA) is 35.2 Å². The SMILES string of the molecule is Cc1ccc(COc2ccc(F)cc2N)cc1. The average molecular weight is 231 g/mol. The van der Waals surface area contributed by atoms with Crippen molar-refractivity contribution in [1.82, 2.24) is 0 Å². The monoisotopic (exact) mass is 231 g/mol. The summed E-state index contributed by atoms with van der Waals surface area (Å²) in [6.07, 6.45) is 0. The van der Waals surface area contributed by atoms with Gasteiger partial charge in [0.1, 0.15) is 18.2 Å². The molecule has 17 heavy (non-hydrogen) atoms. The average Bonchev–Trinajstić information content (AvgIpc) is 2.30. The highest BCUT2D eigenvalue weighted by atomic mass is 19.1. The zero-order valence-electron chi connectivity index (χ0n) is 9.61. The van der Waals surface area contributed by atoms with Crippen molar-refractivity contribution < 1.29 is 9.13 Å². The van der Waals surface area contributed by atoms with Crippen LogP contribution in [0.2, 0.25) is 0 Å². The van der Waals surface area contributed by atoms with Crippen LogP contribution in [-0.2, 0) is 6.61 Å². The van der Waals surface area contributed by atoms with Crippen LogP contribution in [0.25, 0.3) is 0 Å². The summed E-state index contributed by atoms with van der Waals surface area (Å²) in [4.78, 5) is 0. The third kappa shape index (κ3) is 2.97. The number of hydrogen-bond donors (Lipinski definition) is 1. The van der Waals surface area contributed by atoms with Gasteiger partial charge in [0.25, 0.3) is 0 Å². The molecule has 0 saturated carbocycles. The van der Waals surface area contributed by atoms with E-state index in [1.165, 1.54) is 17.7 Å². The number of nitrogens with two attached hydrogens (primary N) is 1. The number of ether oxygens (including phenoxy) is 1. The van der Waals surface area contributed by atoms with Crippen molar-refractivity contribution in [2.45, 2.75) is 13.5 Å². The molecule has 0 spiro atoms. The molecule has 2 N–H and O–H groups in total. The molecule has 0 amide bonds. The molecule has 2 aromatic carbocycles. The minimum atomic E-state index is -0.356. The molecule has 0 aliphatic heterocycles. The summed E-state index contributed by atoms with van der Waals surface area (Å²) < 4.78 is 18.3. The Balaban J connectivity index is 2.04. The van der Waals surface area contributed by atoms with Gasteiger partial charge in [-0.05, 0) is 24.6 Å². The molecule has 0 aromatic heterocycles. The minimum absolute atomic E-state index is 0.317. The lowest BCUT2D eigenvalue weighted by Crippen LogP contribution is -1.99. The summed E-state index contributed by atoms with van der Waals surface area (Å²) >= 11 is 0. The molecule has 0 radical (unpaired) electrons. The molecule has 0 aliphatic rings. The smallest absolute Gasteiger partial charge is 0.142 e. The Hall–Kier alpha value is -2.03. The molecule has 2 aromatic rings. The molecule has 2 nitrogen and oxygen atoms in total. The zero-order chi connectivity index (χ0) is 12.3. The number of benzene rings is 2. The molecule has 3 heteroatoms. The Morgan fingerprint density at radius 1 is 1.12 bits per heavy atom. The number of hydrogen-bond acceptors (Lipinski definition) is 2. The van der Waals surface area contributed by atoms with E-state index in [0.717, 1.165) is 5.56 Å². The fraction of sp³-hybridized carbons (Fsp3) is 0.143. The number of anilines is 1. The third-order valence-corrected chi connectivity index (χ3v) is 2.49. The minimum Gasteiger partial charge on any atom is -0.487 e. The van der Waals surface area contributed by atoms with Crippen LogP contribution in [0.1, 0.15) is 11.1 Å². The van der Waals surface area contributed by atoms with Gasteiger partial charge in [-0.1, -0.05) is 29.8 Å². The normalized spacial score (nSPS) is 10.2. The molecule has 0 atom stereocenters. The Morgan fingerprint density at radius 2 is 1.82 bits per heavy atom. The van der Waals surface area contributed by atoms with Crippen molar-refractivity contribution in [2.24, 2.45) is 0 Å². The van der Waals surface area contributed by atoms with Gasteiger partial charge in [0.2, 0.25) is 0 Å². The van der Waals surface area contributed by atoms with Crippen LogP contribution in [0, 0.1) is 12.7 Å². The number of aryl methyl sites for hydroxylation is 1. The first-order valence-electron chi connectivity index (χ1n) is 5.38. The van der Waals surface area contributed by atoms with E-state index >= 15 is 0 Å². The Morgan fingerprint density at radius 3 is 2.47 bits per heavy atom. The van der Waals surface area contributed by atoms with Crippen molar-refractivity contribution in [1.29, 1.82) is 0 Å². The maximum Gasteiger partial charge on any atom is 0.142 e. The van der Waals surface area contributed by atoms with E-state index in [2.05, 4.69) is 0 Å². The molecule has 0 heterocycles. The van der Waals surface area contributed by atoms with E-state index in [4.69, 9.17) is 10.5 Å². The summed E-state index contributed by atoms with van der Waals surface area (Å²) in [6, 6.07) is 12.2. The first kappa shape index (κ1) is 11.5. The second kappa shape index (κ2) is 4.87. The molecule has 88 valence electrons. The predicted octanol–water partition coefficient (Wildman–Crippen LogP) is 3.30. The Bertz CT molecular complexity index is 508. The van der Waals surface area contributed by atoms with Crippen molar-refractivity contribution in [2.75, 3.05) is 5.73 Å². The second-order valence-electron chi connectivity index (χ2n) is 3.96. The molecular formula is C14H14FNO. The largest absolute Gasteiger partial charge is 0.487 e. The van der Waals surface area contributed by atoms with Crippen LogP contribution in [0.4, 0.5) is 10.1 Å². The van der Waals surface area contributed by atoms with Gasteiger partial charge < -0.3 is 10.5 Å². The van der Waals surface area contributed by atoms with Crippen LogP contribution < -0.4 is 10.5 Å². The summed E-state index contributed by atoms with van der Waals surface area (Å²) in [6.45, 7) is 2.46. The predicted molar refractivity (Wildman–Crippen MR) is 66.3 cm³/mol. The van der Waals surface area contributed by atoms with Crippen LogP contribution >= 0.6 is 0 Å². The van der Waals surface area contributed by atoms with Crippen LogP contribution in [0.15, 0.2) is 42.5 Å². The van der Waals surface area contributed by atoms with E-state index in [1.54, 1.807) is 6.07 Å². The molecule has 0 unspecified atom stereocenters. The van der Waals surface area contributed by atoms with Gasteiger partial charge in [0.05, 0.1) is 5.69 Å². The van der Waals surface area contributed by atoms with Crippen molar-refractivity contribution in [3.8, 4) is 5.75 Å². The van der Waals surface area contributed by atoms with Gasteiger partial charge >= 0.3 is 0 Å². The lowest BCUT2D eigenvalue weighted by molar-refractivity contribution is 0.307. The van der Waals surface area contributed by atoms with E-state index in [9.17, 15) is 4.39 Å². The Labute approximate surface area is 99.8 Å². The number of rotatable bonds is 3. The lowest BCUT2D eigenvalue weighted by atomic mass is 10.2.